The largest absolute Gasteiger partial charge is 0.478 e. The minimum absolute atomic E-state index is 0.350. The molecule has 0 bridgehead atoms. The van der Waals surface area contributed by atoms with E-state index in [9.17, 15) is 14.7 Å². The maximum atomic E-state index is 13.1. The van der Waals surface area contributed by atoms with E-state index in [4.69, 9.17) is 10.5 Å². The third-order valence-corrected chi connectivity index (χ3v) is 7.54. The summed E-state index contributed by atoms with van der Waals surface area (Å²) in [6.07, 6.45) is 3.37. The molecule has 1 atom stereocenters. The molecule has 1 heterocycles. The first-order valence-corrected chi connectivity index (χ1v) is 13.8. The summed E-state index contributed by atoms with van der Waals surface area (Å²) in [5.74, 6) is -1.91. The highest BCUT2D eigenvalue weighted by Gasteiger charge is 2.78. The zero-order valence-electron chi connectivity index (χ0n) is 22.4. The van der Waals surface area contributed by atoms with Crippen molar-refractivity contribution < 1.29 is 19.4 Å². The van der Waals surface area contributed by atoms with Gasteiger partial charge in [-0.3, -0.25) is 4.90 Å². The van der Waals surface area contributed by atoms with Crippen LogP contribution in [0.4, 0.5) is 0 Å². The second-order valence-corrected chi connectivity index (χ2v) is 10.2. The summed E-state index contributed by atoms with van der Waals surface area (Å²) in [5, 5.41) is 14.0. The third-order valence-electron chi connectivity index (χ3n) is 7.54. The van der Waals surface area contributed by atoms with E-state index in [0.29, 0.717) is 32.5 Å². The fourth-order valence-electron chi connectivity index (χ4n) is 5.51. The van der Waals surface area contributed by atoms with Crippen LogP contribution in [0.2, 0.25) is 0 Å². The molecule has 4 N–H and O–H groups in total. The first kappa shape index (κ1) is 28.5. The monoisotopic (exact) mass is 529 g/mol. The summed E-state index contributed by atoms with van der Waals surface area (Å²) >= 11 is 0. The number of carboxylic acid groups (broad SMARTS) is 1. The van der Waals surface area contributed by atoms with E-state index in [1.165, 1.54) is 0 Å². The highest BCUT2D eigenvalue weighted by molar-refractivity contribution is 6.15. The molecule has 0 aromatic heterocycles. The molecule has 0 aliphatic carbocycles. The Morgan fingerprint density at radius 2 is 1.31 bits per heavy atom. The van der Waals surface area contributed by atoms with Crippen LogP contribution in [0.3, 0.4) is 0 Å². The van der Waals surface area contributed by atoms with Gasteiger partial charge in [0.05, 0.1) is 5.54 Å². The van der Waals surface area contributed by atoms with Crippen LogP contribution in [0.15, 0.2) is 91.0 Å². The van der Waals surface area contributed by atoms with Gasteiger partial charge in [0.15, 0.2) is 0 Å². The number of rotatable bonds is 17. The lowest BCUT2D eigenvalue weighted by Crippen LogP contribution is -2.65. The quantitative estimate of drug-likeness (QED) is 0.139. The average Bonchev–Trinajstić information content (AvgIpc) is 3.66. The lowest BCUT2D eigenvalue weighted by atomic mass is 9.72. The number of aliphatic carboxylic acids is 1. The van der Waals surface area contributed by atoms with Gasteiger partial charge in [-0.25, -0.2) is 9.59 Å². The predicted molar refractivity (Wildman–Crippen MR) is 152 cm³/mol. The van der Waals surface area contributed by atoms with Crippen molar-refractivity contribution in [2.45, 2.75) is 49.8 Å². The van der Waals surface area contributed by atoms with Crippen LogP contribution < -0.4 is 11.1 Å². The number of ether oxygens (including phenoxy) is 1. The predicted octanol–water partition coefficient (Wildman–Crippen LogP) is 3.81. The fourth-order valence-corrected chi connectivity index (χ4v) is 5.51. The Kier molecular flexibility index (Phi) is 9.87. The van der Waals surface area contributed by atoms with Crippen molar-refractivity contribution in [2.75, 3.05) is 26.2 Å². The van der Waals surface area contributed by atoms with Crippen LogP contribution in [-0.4, -0.2) is 59.3 Å². The molecule has 1 unspecified atom stereocenters. The molecule has 1 aliphatic heterocycles. The van der Waals surface area contributed by atoms with E-state index >= 15 is 0 Å². The van der Waals surface area contributed by atoms with Crippen molar-refractivity contribution in [1.82, 2.24) is 10.2 Å². The molecule has 1 saturated heterocycles. The highest BCUT2D eigenvalue weighted by Crippen LogP contribution is 2.48. The number of unbranched alkanes of at least 4 members (excludes halogenated alkanes) is 1. The Balaban J connectivity index is 1.76. The van der Waals surface area contributed by atoms with Gasteiger partial charge in [0.1, 0.15) is 0 Å². The summed E-state index contributed by atoms with van der Waals surface area (Å²) in [6, 6.07) is 29.6. The Morgan fingerprint density at radius 3 is 1.77 bits per heavy atom. The van der Waals surface area contributed by atoms with Crippen LogP contribution in [0.25, 0.3) is 0 Å². The molecule has 206 valence electrons. The average molecular weight is 530 g/mol. The molecular weight excluding hydrogens is 490 g/mol. The number of carboxylic acids is 1. The number of hydrogen-bond donors (Lipinski definition) is 3. The van der Waals surface area contributed by atoms with Gasteiger partial charge in [0, 0.05) is 6.54 Å². The molecule has 1 aliphatic rings. The van der Waals surface area contributed by atoms with Gasteiger partial charge in [0.2, 0.25) is 0 Å². The van der Waals surface area contributed by atoms with Crippen LogP contribution in [0, 0.1) is 0 Å². The number of epoxide rings is 1. The summed E-state index contributed by atoms with van der Waals surface area (Å²) in [4.78, 5) is 28.2. The SMILES string of the molecule is NCCCNCCCCN(Cc1ccccc1)C(Cc1ccccc1)(Cc1ccccc1)C1(C(=O)O)OC1=O. The van der Waals surface area contributed by atoms with Gasteiger partial charge in [-0.2, -0.15) is 0 Å². The van der Waals surface area contributed by atoms with E-state index in [1.807, 2.05) is 91.0 Å². The summed E-state index contributed by atoms with van der Waals surface area (Å²) < 4.78 is 5.56. The van der Waals surface area contributed by atoms with Crippen molar-refractivity contribution in [2.24, 2.45) is 5.73 Å². The van der Waals surface area contributed by atoms with Gasteiger partial charge in [-0.15, -0.1) is 0 Å². The zero-order chi connectivity index (χ0) is 27.6. The number of cyclic esters (lactones) is 1. The van der Waals surface area contributed by atoms with Crippen molar-refractivity contribution in [3.8, 4) is 0 Å². The van der Waals surface area contributed by atoms with E-state index in [2.05, 4.69) is 10.2 Å². The number of nitrogens with one attached hydrogen (secondary N) is 1. The van der Waals surface area contributed by atoms with Crippen LogP contribution in [0.5, 0.6) is 0 Å². The van der Waals surface area contributed by atoms with Crippen LogP contribution >= 0.6 is 0 Å². The van der Waals surface area contributed by atoms with E-state index in [0.717, 1.165) is 49.0 Å². The number of nitrogens with two attached hydrogens (primary N) is 1. The Morgan fingerprint density at radius 1 is 0.821 bits per heavy atom. The number of hydrogen-bond acceptors (Lipinski definition) is 6. The Bertz CT molecular complexity index is 1150. The second-order valence-electron chi connectivity index (χ2n) is 10.2. The number of benzene rings is 3. The summed E-state index contributed by atoms with van der Waals surface area (Å²) in [6.45, 7) is 3.49. The van der Waals surface area contributed by atoms with Gasteiger partial charge in [-0.1, -0.05) is 91.0 Å². The molecule has 7 nitrogen and oxygen atoms in total. The molecule has 0 amide bonds. The fraction of sp³-hybridized carbons (Fsp3) is 0.375. The molecule has 4 rings (SSSR count). The maximum Gasteiger partial charge on any atom is 0.366 e. The molecule has 0 saturated carbocycles. The molecule has 0 spiro atoms. The number of nitrogens with zero attached hydrogens (tertiary/aromatic N) is 1. The summed E-state index contributed by atoms with van der Waals surface area (Å²) in [5.41, 5.74) is 5.47. The Labute approximate surface area is 231 Å². The van der Waals surface area contributed by atoms with E-state index in [1.54, 1.807) is 0 Å². The first-order valence-electron chi connectivity index (χ1n) is 13.8. The van der Waals surface area contributed by atoms with Crippen LogP contribution in [0.1, 0.15) is 36.0 Å². The van der Waals surface area contributed by atoms with Gasteiger partial charge in [-0.05, 0) is 75.0 Å². The second kappa shape index (κ2) is 13.5. The van der Waals surface area contributed by atoms with Crippen molar-refractivity contribution >= 4 is 11.9 Å². The van der Waals surface area contributed by atoms with Crippen molar-refractivity contribution in [3.63, 3.8) is 0 Å². The zero-order valence-corrected chi connectivity index (χ0v) is 22.4. The van der Waals surface area contributed by atoms with Crippen LogP contribution in [-0.2, 0) is 33.7 Å². The molecular formula is C32H39N3O4. The standard InChI is InChI=1S/C32H39N3O4/c33-19-12-21-34-20-10-11-22-35(25-28-17-8-3-9-18-28)31(23-26-13-4-1-5-14-26,24-27-15-6-2-7-16-27)32(29(36)37)30(38)39-32/h1-9,13-18,34H,10-12,19-25,33H2,(H,36,37). The topological polar surface area (TPSA) is 108 Å². The summed E-state index contributed by atoms with van der Waals surface area (Å²) in [7, 11) is 0. The van der Waals surface area contributed by atoms with Crippen molar-refractivity contribution in [1.29, 1.82) is 0 Å². The normalized spacial score (nSPS) is 16.7. The van der Waals surface area contributed by atoms with Gasteiger partial charge >= 0.3 is 17.5 Å². The Hall–Kier alpha value is -3.52. The van der Waals surface area contributed by atoms with E-state index < -0.39 is 23.1 Å². The number of carbonyl (C=O) groups excluding carboxylic acids is 1. The molecule has 3 aromatic carbocycles. The molecule has 0 radical (unpaired) electrons. The highest BCUT2D eigenvalue weighted by atomic mass is 16.7. The lowest BCUT2D eigenvalue weighted by Gasteiger charge is -2.45. The third kappa shape index (κ3) is 6.74. The van der Waals surface area contributed by atoms with Gasteiger partial charge < -0.3 is 20.9 Å². The molecule has 3 aromatic rings. The van der Waals surface area contributed by atoms with Crippen molar-refractivity contribution in [3.05, 3.63) is 108 Å². The molecule has 39 heavy (non-hydrogen) atoms. The van der Waals surface area contributed by atoms with Gasteiger partial charge in [0.25, 0.3) is 0 Å². The smallest absolute Gasteiger partial charge is 0.366 e. The molecule has 1 fully saturated rings. The lowest BCUT2D eigenvalue weighted by molar-refractivity contribution is -0.151. The first-order chi connectivity index (χ1) is 19.0. The van der Waals surface area contributed by atoms with E-state index in [-0.39, 0.29) is 0 Å². The maximum absolute atomic E-state index is 13.1. The minimum Gasteiger partial charge on any atom is -0.478 e. The number of carbonyl (C=O) groups is 2. The molecule has 7 heteroatoms. The minimum atomic E-state index is -1.95.